The number of piperidine rings is 1. The van der Waals surface area contributed by atoms with Gasteiger partial charge in [0.2, 0.25) is 11.7 Å². The second kappa shape index (κ2) is 9.45. The predicted octanol–water partition coefficient (Wildman–Crippen LogP) is 1.09. The monoisotopic (exact) mass is 444 g/mol. The molecule has 3 aromatic heterocycles. The summed E-state index contributed by atoms with van der Waals surface area (Å²) in [5.41, 5.74) is 1.33. The molecular formula is C21H25FN6O4. The van der Waals surface area contributed by atoms with Crippen molar-refractivity contribution >= 4 is 17.2 Å². The fraction of sp³-hybridized carbons (Fsp3) is 0.429. The van der Waals surface area contributed by atoms with Gasteiger partial charge in [0.25, 0.3) is 5.88 Å². The summed E-state index contributed by atoms with van der Waals surface area (Å²) in [6.45, 7) is 1.59. The van der Waals surface area contributed by atoms with Gasteiger partial charge in [-0.2, -0.15) is 14.5 Å². The first-order valence-corrected chi connectivity index (χ1v) is 10.4. The van der Waals surface area contributed by atoms with Crippen molar-refractivity contribution in [2.24, 2.45) is 0 Å². The van der Waals surface area contributed by atoms with Crippen molar-refractivity contribution in [1.29, 1.82) is 0 Å². The summed E-state index contributed by atoms with van der Waals surface area (Å²) in [6.07, 6.45) is 4.11. The molecule has 0 aliphatic carbocycles. The number of aliphatic hydroxyl groups is 2. The standard InChI is InChI=1S/C21H25FN6O4/c1-13(11-29)32-21-18(22)20(24-14-5-4-7-27(10-14)17(31)12-30)25-19(26-21)15-9-23-28-8-3-2-6-16(15)28/h2-3,6,8-9,13-14,29-30H,4-5,7,10-12H2,1H3,(H,24,25,26)/t13?,14-/m1/s1. The number of amides is 1. The van der Waals surface area contributed by atoms with Gasteiger partial charge in [-0.05, 0) is 31.9 Å². The van der Waals surface area contributed by atoms with Gasteiger partial charge in [-0.15, -0.1) is 0 Å². The number of carbonyl (C=O) groups is 1. The van der Waals surface area contributed by atoms with Crippen molar-refractivity contribution in [3.63, 3.8) is 0 Å². The first kappa shape index (κ1) is 21.9. The highest BCUT2D eigenvalue weighted by Gasteiger charge is 2.26. The summed E-state index contributed by atoms with van der Waals surface area (Å²) in [5, 5.41) is 25.8. The Bertz CT molecular complexity index is 1110. The van der Waals surface area contributed by atoms with E-state index in [-0.39, 0.29) is 36.1 Å². The van der Waals surface area contributed by atoms with Crippen LogP contribution in [0.3, 0.4) is 0 Å². The molecule has 4 heterocycles. The fourth-order valence-electron chi connectivity index (χ4n) is 3.67. The van der Waals surface area contributed by atoms with E-state index in [0.717, 1.165) is 5.52 Å². The van der Waals surface area contributed by atoms with Crippen LogP contribution in [0.25, 0.3) is 16.9 Å². The van der Waals surface area contributed by atoms with Gasteiger partial charge in [0.15, 0.2) is 11.6 Å². The van der Waals surface area contributed by atoms with Crippen LogP contribution in [0.15, 0.2) is 30.6 Å². The summed E-state index contributed by atoms with van der Waals surface area (Å²) in [6, 6.07) is 5.27. The van der Waals surface area contributed by atoms with E-state index in [1.54, 1.807) is 23.8 Å². The van der Waals surface area contributed by atoms with Crippen LogP contribution in [0, 0.1) is 5.82 Å². The Labute approximate surface area is 183 Å². The lowest BCUT2D eigenvalue weighted by molar-refractivity contribution is -0.135. The van der Waals surface area contributed by atoms with E-state index < -0.39 is 18.5 Å². The number of ether oxygens (including phenoxy) is 1. The average Bonchev–Trinajstić information content (AvgIpc) is 3.25. The maximum absolute atomic E-state index is 15.2. The Morgan fingerprint density at radius 2 is 2.22 bits per heavy atom. The minimum absolute atomic E-state index is 0.0614. The number of pyridine rings is 1. The fourth-order valence-corrected chi connectivity index (χ4v) is 3.67. The lowest BCUT2D eigenvalue weighted by atomic mass is 10.1. The number of aliphatic hydroxyl groups excluding tert-OH is 2. The van der Waals surface area contributed by atoms with Gasteiger partial charge < -0.3 is 25.2 Å². The number of fused-ring (bicyclic) bond motifs is 1. The molecule has 1 aliphatic rings. The van der Waals surface area contributed by atoms with Gasteiger partial charge in [0, 0.05) is 25.3 Å². The summed E-state index contributed by atoms with van der Waals surface area (Å²) >= 11 is 0. The van der Waals surface area contributed by atoms with E-state index in [4.69, 9.17) is 9.84 Å². The van der Waals surface area contributed by atoms with Gasteiger partial charge in [0.1, 0.15) is 12.7 Å². The zero-order valence-corrected chi connectivity index (χ0v) is 17.6. The number of rotatable bonds is 7. The highest BCUT2D eigenvalue weighted by Crippen LogP contribution is 2.30. The van der Waals surface area contributed by atoms with Crippen LogP contribution < -0.4 is 10.1 Å². The minimum atomic E-state index is -0.781. The van der Waals surface area contributed by atoms with Gasteiger partial charge in [-0.3, -0.25) is 4.79 Å². The van der Waals surface area contributed by atoms with E-state index in [0.29, 0.717) is 31.5 Å². The molecule has 32 heavy (non-hydrogen) atoms. The molecule has 0 saturated carbocycles. The molecule has 4 rings (SSSR count). The summed E-state index contributed by atoms with van der Waals surface area (Å²) in [5.74, 6) is -1.28. The maximum atomic E-state index is 15.2. The molecule has 1 aliphatic heterocycles. The normalized spacial score (nSPS) is 17.4. The van der Waals surface area contributed by atoms with Crippen LogP contribution in [-0.2, 0) is 4.79 Å². The topological polar surface area (TPSA) is 125 Å². The number of carbonyl (C=O) groups excluding carboxylic acids is 1. The zero-order valence-electron chi connectivity index (χ0n) is 17.6. The van der Waals surface area contributed by atoms with Crippen molar-refractivity contribution in [3.8, 4) is 17.3 Å². The molecule has 0 bridgehead atoms. The Balaban J connectivity index is 1.70. The third-order valence-electron chi connectivity index (χ3n) is 5.31. The maximum Gasteiger partial charge on any atom is 0.256 e. The molecule has 1 fully saturated rings. The van der Waals surface area contributed by atoms with Crippen LogP contribution in [0.1, 0.15) is 19.8 Å². The largest absolute Gasteiger partial charge is 0.470 e. The third-order valence-corrected chi connectivity index (χ3v) is 5.31. The van der Waals surface area contributed by atoms with E-state index in [1.165, 1.54) is 4.90 Å². The summed E-state index contributed by atoms with van der Waals surface area (Å²) in [7, 11) is 0. The predicted molar refractivity (Wildman–Crippen MR) is 114 cm³/mol. The van der Waals surface area contributed by atoms with Crippen LogP contribution in [-0.4, -0.2) is 79.1 Å². The van der Waals surface area contributed by atoms with Crippen LogP contribution in [0.4, 0.5) is 10.2 Å². The van der Waals surface area contributed by atoms with Gasteiger partial charge in [-0.1, -0.05) is 6.07 Å². The molecule has 1 saturated heterocycles. The van der Waals surface area contributed by atoms with E-state index in [2.05, 4.69) is 20.4 Å². The molecule has 3 aromatic rings. The number of nitrogens with one attached hydrogen (secondary N) is 1. The lowest BCUT2D eigenvalue weighted by Crippen LogP contribution is -2.46. The van der Waals surface area contributed by atoms with E-state index in [9.17, 15) is 9.90 Å². The van der Waals surface area contributed by atoms with Gasteiger partial charge in [-0.25, -0.2) is 9.50 Å². The van der Waals surface area contributed by atoms with Crippen molar-refractivity contribution in [3.05, 3.63) is 36.4 Å². The molecule has 1 unspecified atom stereocenters. The number of hydrogen-bond acceptors (Lipinski definition) is 8. The molecule has 3 N–H and O–H groups in total. The van der Waals surface area contributed by atoms with Gasteiger partial charge >= 0.3 is 0 Å². The summed E-state index contributed by atoms with van der Waals surface area (Å²) < 4.78 is 22.4. The SMILES string of the molecule is CC(CO)Oc1nc(-c2cnn3ccccc23)nc(N[C@@H]2CCCN(C(=O)CO)C2)c1F. The van der Waals surface area contributed by atoms with E-state index in [1.807, 2.05) is 18.2 Å². The molecule has 2 atom stereocenters. The second-order valence-corrected chi connectivity index (χ2v) is 7.70. The molecular weight excluding hydrogens is 419 g/mol. The van der Waals surface area contributed by atoms with Crippen LogP contribution >= 0.6 is 0 Å². The van der Waals surface area contributed by atoms with Crippen molar-refractivity contribution in [1.82, 2.24) is 24.5 Å². The smallest absolute Gasteiger partial charge is 0.256 e. The van der Waals surface area contributed by atoms with E-state index >= 15 is 4.39 Å². The quantitative estimate of drug-likeness (QED) is 0.495. The minimum Gasteiger partial charge on any atom is -0.470 e. The third kappa shape index (κ3) is 4.48. The Morgan fingerprint density at radius 3 is 3.00 bits per heavy atom. The van der Waals surface area contributed by atoms with Gasteiger partial charge in [0.05, 0.1) is 23.9 Å². The highest BCUT2D eigenvalue weighted by atomic mass is 19.1. The molecule has 170 valence electrons. The van der Waals surface area contributed by atoms with Crippen LogP contribution in [0.2, 0.25) is 0 Å². The Morgan fingerprint density at radius 1 is 1.38 bits per heavy atom. The number of halogens is 1. The first-order valence-electron chi connectivity index (χ1n) is 10.4. The Hall–Kier alpha value is -3.31. The zero-order chi connectivity index (χ0) is 22.7. The molecule has 0 spiro atoms. The van der Waals surface area contributed by atoms with Crippen molar-refractivity contribution < 1.29 is 24.1 Å². The number of anilines is 1. The average molecular weight is 444 g/mol. The Kier molecular flexibility index (Phi) is 6.47. The molecule has 0 radical (unpaired) electrons. The lowest BCUT2D eigenvalue weighted by Gasteiger charge is -2.33. The first-order chi connectivity index (χ1) is 15.5. The van der Waals surface area contributed by atoms with Crippen molar-refractivity contribution in [2.45, 2.75) is 31.9 Å². The molecule has 0 aromatic carbocycles. The number of aromatic nitrogens is 4. The number of nitrogens with zero attached hydrogens (tertiary/aromatic N) is 5. The highest BCUT2D eigenvalue weighted by molar-refractivity contribution is 5.77. The van der Waals surface area contributed by atoms with Crippen molar-refractivity contribution in [2.75, 3.05) is 31.6 Å². The molecule has 11 heteroatoms. The summed E-state index contributed by atoms with van der Waals surface area (Å²) in [4.78, 5) is 22.1. The number of hydrogen-bond donors (Lipinski definition) is 3. The molecule has 1 amide bonds. The van der Waals surface area contributed by atoms with Crippen LogP contribution in [0.5, 0.6) is 5.88 Å². The number of likely N-dealkylation sites (tertiary alicyclic amines) is 1. The second-order valence-electron chi connectivity index (χ2n) is 7.70. The molecule has 10 nitrogen and oxygen atoms in total.